The van der Waals surface area contributed by atoms with E-state index in [4.69, 9.17) is 4.74 Å². The van der Waals surface area contributed by atoms with Gasteiger partial charge in [0.05, 0.1) is 11.9 Å². The zero-order valence-electron chi connectivity index (χ0n) is 19.5. The second kappa shape index (κ2) is 13.2. The highest BCUT2D eigenvalue weighted by molar-refractivity contribution is 7.98. The number of anilines is 1. The van der Waals surface area contributed by atoms with Gasteiger partial charge in [-0.1, -0.05) is 48.5 Å². The van der Waals surface area contributed by atoms with Crippen LogP contribution in [0.15, 0.2) is 78.9 Å². The van der Waals surface area contributed by atoms with Gasteiger partial charge < -0.3 is 10.1 Å². The Hall–Kier alpha value is -3.04. The Labute approximate surface area is 210 Å². The number of thioether (sulfide) groups is 1. The zero-order valence-corrected chi connectivity index (χ0v) is 21.2. The highest BCUT2D eigenvalue weighted by atomic mass is 32.2. The number of hydrogen-bond donors (Lipinski definition) is 1. The van der Waals surface area contributed by atoms with Crippen molar-refractivity contribution in [2.45, 2.75) is 18.8 Å². The van der Waals surface area contributed by atoms with Crippen molar-refractivity contribution in [3.63, 3.8) is 0 Å². The van der Waals surface area contributed by atoms with E-state index in [0.29, 0.717) is 42.3 Å². The highest BCUT2D eigenvalue weighted by Crippen LogP contribution is 2.22. The van der Waals surface area contributed by atoms with Crippen LogP contribution in [0, 0.1) is 5.82 Å². The first-order chi connectivity index (χ1) is 16.8. The molecule has 1 N–H and O–H groups in total. The van der Waals surface area contributed by atoms with Crippen LogP contribution in [-0.2, 0) is 27.2 Å². The molecule has 0 spiro atoms. The Morgan fingerprint density at radius 2 is 1.69 bits per heavy atom. The van der Waals surface area contributed by atoms with Gasteiger partial charge in [-0.25, -0.2) is 12.8 Å². The van der Waals surface area contributed by atoms with Crippen molar-refractivity contribution in [1.82, 2.24) is 5.32 Å². The summed E-state index contributed by atoms with van der Waals surface area (Å²) in [6.45, 7) is 0.495. The Balaban J connectivity index is 1.45. The standard InChI is InChI=1S/C26H29FN2O4S2/c1-35(31,32)29(23-12-14-24(15-13-23)33-19-21-8-3-2-4-9-21)18-26(30)28-16-7-17-34-20-22-10-5-6-11-25(22)27/h2-6,8-15H,7,16-20H2,1H3,(H,28,30). The molecule has 3 rings (SSSR count). The SMILES string of the molecule is CS(=O)(=O)N(CC(=O)NCCCSCc1ccccc1F)c1ccc(OCc2ccccc2)cc1. The summed E-state index contributed by atoms with van der Waals surface area (Å²) in [6, 6.07) is 23.0. The van der Waals surface area contributed by atoms with Gasteiger partial charge in [-0.05, 0) is 53.6 Å². The van der Waals surface area contributed by atoms with Gasteiger partial charge in [-0.3, -0.25) is 9.10 Å². The molecule has 3 aromatic carbocycles. The number of benzene rings is 3. The lowest BCUT2D eigenvalue weighted by atomic mass is 10.2. The Morgan fingerprint density at radius 3 is 2.37 bits per heavy atom. The number of carbonyl (C=O) groups is 1. The number of sulfonamides is 1. The van der Waals surface area contributed by atoms with Crippen molar-refractivity contribution in [1.29, 1.82) is 0 Å². The molecule has 9 heteroatoms. The Morgan fingerprint density at radius 1 is 1.00 bits per heavy atom. The average Bonchev–Trinajstić information content (AvgIpc) is 2.85. The molecule has 6 nitrogen and oxygen atoms in total. The van der Waals surface area contributed by atoms with Crippen LogP contribution < -0.4 is 14.4 Å². The van der Waals surface area contributed by atoms with E-state index in [2.05, 4.69) is 5.32 Å². The minimum atomic E-state index is -3.66. The summed E-state index contributed by atoms with van der Waals surface area (Å²) >= 11 is 1.58. The minimum absolute atomic E-state index is 0.218. The van der Waals surface area contributed by atoms with Gasteiger partial charge in [0.25, 0.3) is 0 Å². The third-order valence-corrected chi connectivity index (χ3v) is 7.30. The van der Waals surface area contributed by atoms with Crippen molar-refractivity contribution in [3.05, 3.63) is 95.8 Å². The number of nitrogens with one attached hydrogen (secondary N) is 1. The van der Waals surface area contributed by atoms with E-state index in [-0.39, 0.29) is 18.3 Å². The molecule has 1 amide bonds. The summed E-state index contributed by atoms with van der Waals surface area (Å²) < 4.78 is 45.1. The number of rotatable bonds is 13. The van der Waals surface area contributed by atoms with E-state index in [1.54, 1.807) is 54.2 Å². The number of nitrogens with zero attached hydrogens (tertiary/aromatic N) is 1. The van der Waals surface area contributed by atoms with E-state index in [1.165, 1.54) is 6.07 Å². The summed E-state index contributed by atoms with van der Waals surface area (Å²) in [6.07, 6.45) is 1.76. The maximum absolute atomic E-state index is 13.6. The van der Waals surface area contributed by atoms with E-state index < -0.39 is 10.0 Å². The van der Waals surface area contributed by atoms with Crippen LogP contribution in [0.1, 0.15) is 17.5 Å². The van der Waals surface area contributed by atoms with Crippen LogP contribution in [-0.4, -0.2) is 39.4 Å². The van der Waals surface area contributed by atoms with Crippen LogP contribution in [0.4, 0.5) is 10.1 Å². The lowest BCUT2D eigenvalue weighted by Gasteiger charge is -2.22. The summed E-state index contributed by atoms with van der Waals surface area (Å²) in [7, 11) is -3.66. The van der Waals surface area contributed by atoms with Gasteiger partial charge in [0.15, 0.2) is 0 Å². The van der Waals surface area contributed by atoms with Gasteiger partial charge >= 0.3 is 0 Å². The monoisotopic (exact) mass is 516 g/mol. The van der Waals surface area contributed by atoms with Crippen LogP contribution in [0.5, 0.6) is 5.75 Å². The molecule has 0 saturated carbocycles. The summed E-state index contributed by atoms with van der Waals surface area (Å²) in [5.41, 5.74) is 2.06. The van der Waals surface area contributed by atoms with Crippen molar-refractivity contribution in [2.24, 2.45) is 0 Å². The minimum Gasteiger partial charge on any atom is -0.489 e. The molecular formula is C26H29FN2O4S2. The number of amides is 1. The molecular weight excluding hydrogens is 487 g/mol. The fourth-order valence-corrected chi connectivity index (χ4v) is 5.04. The second-order valence-corrected chi connectivity index (χ2v) is 10.9. The maximum atomic E-state index is 13.6. The lowest BCUT2D eigenvalue weighted by Crippen LogP contribution is -2.40. The van der Waals surface area contributed by atoms with Gasteiger partial charge in [0, 0.05) is 12.3 Å². The average molecular weight is 517 g/mol. The van der Waals surface area contributed by atoms with Crippen LogP contribution in [0.2, 0.25) is 0 Å². The molecule has 0 radical (unpaired) electrons. The van der Waals surface area contributed by atoms with Crippen molar-refractivity contribution < 1.29 is 22.3 Å². The third kappa shape index (κ3) is 8.92. The quantitative estimate of drug-likeness (QED) is 0.336. The smallest absolute Gasteiger partial charge is 0.240 e. The first-order valence-electron chi connectivity index (χ1n) is 11.2. The molecule has 0 aromatic heterocycles. The van der Waals surface area contributed by atoms with Gasteiger partial charge in [0.1, 0.15) is 24.7 Å². The molecule has 0 aliphatic rings. The fourth-order valence-electron chi connectivity index (χ4n) is 3.24. The largest absolute Gasteiger partial charge is 0.489 e. The van der Waals surface area contributed by atoms with E-state index in [9.17, 15) is 17.6 Å². The van der Waals surface area contributed by atoms with Crippen LogP contribution in [0.3, 0.4) is 0 Å². The molecule has 0 unspecified atom stereocenters. The zero-order chi connectivity index (χ0) is 25.1. The predicted molar refractivity (Wildman–Crippen MR) is 140 cm³/mol. The second-order valence-electron chi connectivity index (χ2n) is 7.89. The topological polar surface area (TPSA) is 75.7 Å². The fraction of sp³-hybridized carbons (Fsp3) is 0.269. The molecule has 186 valence electrons. The number of ether oxygens (including phenoxy) is 1. The first kappa shape index (κ1) is 26.6. The lowest BCUT2D eigenvalue weighted by molar-refractivity contribution is -0.119. The van der Waals surface area contributed by atoms with Gasteiger partial charge in [0.2, 0.25) is 15.9 Å². The van der Waals surface area contributed by atoms with Crippen molar-refractivity contribution in [2.75, 3.05) is 29.4 Å². The van der Waals surface area contributed by atoms with Crippen LogP contribution in [0.25, 0.3) is 0 Å². The molecule has 0 fully saturated rings. The molecule has 0 saturated heterocycles. The van der Waals surface area contributed by atoms with E-state index >= 15 is 0 Å². The van der Waals surface area contributed by atoms with Crippen molar-refractivity contribution >= 4 is 33.4 Å². The van der Waals surface area contributed by atoms with Gasteiger partial charge in [-0.15, -0.1) is 0 Å². The number of carbonyl (C=O) groups excluding carboxylic acids is 1. The molecule has 0 bridgehead atoms. The highest BCUT2D eigenvalue weighted by Gasteiger charge is 2.20. The Bertz CT molecular complexity index is 1190. The molecule has 35 heavy (non-hydrogen) atoms. The summed E-state index contributed by atoms with van der Waals surface area (Å²) in [5, 5.41) is 2.76. The number of halogens is 1. The van der Waals surface area contributed by atoms with E-state index in [1.807, 2.05) is 30.3 Å². The normalized spacial score (nSPS) is 11.1. The predicted octanol–water partition coefficient (Wildman–Crippen LogP) is 4.61. The van der Waals surface area contributed by atoms with Crippen molar-refractivity contribution in [3.8, 4) is 5.75 Å². The van der Waals surface area contributed by atoms with Gasteiger partial charge in [-0.2, -0.15) is 11.8 Å². The summed E-state index contributed by atoms with van der Waals surface area (Å²) in [5.74, 6) is 1.30. The molecule has 0 aliphatic heterocycles. The molecule has 0 heterocycles. The van der Waals surface area contributed by atoms with E-state index in [0.717, 1.165) is 21.9 Å². The third-order valence-electron chi connectivity index (χ3n) is 5.06. The molecule has 0 aliphatic carbocycles. The first-order valence-corrected chi connectivity index (χ1v) is 14.2. The Kier molecular flexibility index (Phi) is 9.98. The maximum Gasteiger partial charge on any atom is 0.240 e. The summed E-state index contributed by atoms with van der Waals surface area (Å²) in [4.78, 5) is 12.4. The van der Waals surface area contributed by atoms with Crippen LogP contribution >= 0.6 is 11.8 Å². The molecule has 3 aromatic rings. The molecule has 0 atom stereocenters. The number of hydrogen-bond acceptors (Lipinski definition) is 5.